The highest BCUT2D eigenvalue weighted by atomic mass is 16.5. The number of ether oxygens (including phenoxy) is 3. The fourth-order valence-electron chi connectivity index (χ4n) is 3.95. The molecule has 2 amide bonds. The SMILES string of the molecule is CC[C@@H](C)[C@H](NC(=O)N1CCc2[nH]cnc2C1c1cccc(OC)c1OC)C(=O)OC. The van der Waals surface area contributed by atoms with Crippen molar-refractivity contribution in [3.63, 3.8) is 0 Å². The fraction of sp³-hybridized carbons (Fsp3) is 0.500. The van der Waals surface area contributed by atoms with Gasteiger partial charge in [0.25, 0.3) is 0 Å². The zero-order chi connectivity index (χ0) is 22.5. The van der Waals surface area contributed by atoms with Gasteiger partial charge in [0.05, 0.1) is 33.4 Å². The van der Waals surface area contributed by atoms with E-state index >= 15 is 0 Å². The molecule has 2 heterocycles. The van der Waals surface area contributed by atoms with Gasteiger partial charge in [-0.15, -0.1) is 0 Å². The number of hydrogen-bond donors (Lipinski definition) is 2. The number of para-hydroxylation sites is 1. The van der Waals surface area contributed by atoms with E-state index in [1.165, 1.54) is 7.11 Å². The van der Waals surface area contributed by atoms with Crippen LogP contribution in [0.5, 0.6) is 11.5 Å². The number of hydrogen-bond acceptors (Lipinski definition) is 6. The van der Waals surface area contributed by atoms with Gasteiger partial charge in [-0.2, -0.15) is 0 Å². The second-order valence-corrected chi connectivity index (χ2v) is 7.53. The lowest BCUT2D eigenvalue weighted by Gasteiger charge is -2.37. The van der Waals surface area contributed by atoms with E-state index in [0.29, 0.717) is 24.5 Å². The Morgan fingerprint density at radius 1 is 1.29 bits per heavy atom. The fourth-order valence-corrected chi connectivity index (χ4v) is 3.95. The summed E-state index contributed by atoms with van der Waals surface area (Å²) in [5.41, 5.74) is 2.46. The van der Waals surface area contributed by atoms with Gasteiger partial charge in [-0.1, -0.05) is 32.4 Å². The number of H-pyrrole nitrogens is 1. The average Bonchev–Trinajstić information content (AvgIpc) is 3.29. The number of imidazole rings is 1. The first-order chi connectivity index (χ1) is 15.0. The maximum Gasteiger partial charge on any atom is 0.328 e. The highest BCUT2D eigenvalue weighted by Gasteiger charge is 2.38. The molecule has 0 saturated carbocycles. The van der Waals surface area contributed by atoms with Crippen LogP contribution in [0.4, 0.5) is 4.79 Å². The molecule has 9 heteroatoms. The lowest BCUT2D eigenvalue weighted by molar-refractivity contribution is -0.144. The van der Waals surface area contributed by atoms with Crippen LogP contribution in [0.1, 0.15) is 43.3 Å². The van der Waals surface area contributed by atoms with Crippen molar-refractivity contribution in [2.45, 2.75) is 38.8 Å². The minimum absolute atomic E-state index is 0.0769. The summed E-state index contributed by atoms with van der Waals surface area (Å²) in [7, 11) is 4.46. The summed E-state index contributed by atoms with van der Waals surface area (Å²) in [6.45, 7) is 4.32. The molecular weight excluding hydrogens is 400 g/mol. The quantitative estimate of drug-likeness (QED) is 0.654. The van der Waals surface area contributed by atoms with Gasteiger partial charge in [0, 0.05) is 24.2 Å². The molecule has 0 spiro atoms. The van der Waals surface area contributed by atoms with Crippen LogP contribution in [0.3, 0.4) is 0 Å². The molecule has 3 atom stereocenters. The third-order valence-corrected chi connectivity index (χ3v) is 5.86. The third-order valence-electron chi connectivity index (χ3n) is 5.86. The zero-order valence-corrected chi connectivity index (χ0v) is 18.6. The number of aromatic nitrogens is 2. The molecule has 3 rings (SSSR count). The Balaban J connectivity index is 2.02. The number of carbonyl (C=O) groups excluding carboxylic acids is 2. The third kappa shape index (κ3) is 4.30. The number of rotatable bonds is 7. The van der Waals surface area contributed by atoms with E-state index in [9.17, 15) is 9.59 Å². The van der Waals surface area contributed by atoms with E-state index in [2.05, 4.69) is 15.3 Å². The number of nitrogens with one attached hydrogen (secondary N) is 2. The summed E-state index contributed by atoms with van der Waals surface area (Å²) in [5, 5.41) is 2.88. The van der Waals surface area contributed by atoms with Crippen molar-refractivity contribution < 1.29 is 23.8 Å². The first-order valence-electron chi connectivity index (χ1n) is 10.3. The normalized spacial score (nSPS) is 17.3. The van der Waals surface area contributed by atoms with Gasteiger partial charge in [0.15, 0.2) is 11.5 Å². The Labute approximate surface area is 182 Å². The zero-order valence-electron chi connectivity index (χ0n) is 18.6. The maximum absolute atomic E-state index is 13.4. The van der Waals surface area contributed by atoms with E-state index in [1.54, 1.807) is 31.5 Å². The first-order valence-corrected chi connectivity index (χ1v) is 10.3. The predicted molar refractivity (Wildman–Crippen MR) is 114 cm³/mol. The maximum atomic E-state index is 13.4. The Hall–Kier alpha value is -3.23. The van der Waals surface area contributed by atoms with E-state index in [-0.39, 0.29) is 11.9 Å². The van der Waals surface area contributed by atoms with Crippen molar-refractivity contribution in [3.8, 4) is 11.5 Å². The average molecular weight is 431 g/mol. The molecule has 0 fully saturated rings. The van der Waals surface area contributed by atoms with Gasteiger partial charge in [-0.05, 0) is 12.0 Å². The van der Waals surface area contributed by atoms with E-state index in [0.717, 1.165) is 23.4 Å². The second kappa shape index (κ2) is 9.72. The number of fused-ring (bicyclic) bond motifs is 1. The minimum atomic E-state index is -0.740. The molecule has 1 aliphatic rings. The molecule has 168 valence electrons. The number of benzene rings is 1. The highest BCUT2D eigenvalue weighted by molar-refractivity contribution is 5.84. The molecule has 1 aliphatic heterocycles. The van der Waals surface area contributed by atoms with Crippen LogP contribution in [0.25, 0.3) is 0 Å². The first kappa shape index (κ1) is 22.5. The van der Waals surface area contributed by atoms with Crippen molar-refractivity contribution in [2.75, 3.05) is 27.9 Å². The predicted octanol–water partition coefficient (Wildman–Crippen LogP) is 2.67. The lowest BCUT2D eigenvalue weighted by Crippen LogP contribution is -2.53. The van der Waals surface area contributed by atoms with Gasteiger partial charge in [0.1, 0.15) is 12.1 Å². The Morgan fingerprint density at radius 2 is 2.06 bits per heavy atom. The van der Waals surface area contributed by atoms with Crippen molar-refractivity contribution in [1.29, 1.82) is 0 Å². The molecular formula is C22H30N4O5. The van der Waals surface area contributed by atoms with Crippen molar-refractivity contribution >= 4 is 12.0 Å². The highest BCUT2D eigenvalue weighted by Crippen LogP contribution is 2.42. The number of aromatic amines is 1. The summed E-state index contributed by atoms with van der Waals surface area (Å²) in [5.74, 6) is 0.563. The summed E-state index contributed by atoms with van der Waals surface area (Å²) >= 11 is 0. The molecule has 1 unspecified atom stereocenters. The molecule has 0 bridgehead atoms. The van der Waals surface area contributed by atoms with Crippen LogP contribution in [0.15, 0.2) is 24.5 Å². The van der Waals surface area contributed by atoms with Crippen molar-refractivity contribution in [3.05, 3.63) is 41.5 Å². The van der Waals surface area contributed by atoms with Crippen molar-refractivity contribution in [2.24, 2.45) is 5.92 Å². The van der Waals surface area contributed by atoms with Crippen LogP contribution >= 0.6 is 0 Å². The second-order valence-electron chi connectivity index (χ2n) is 7.53. The summed E-state index contributed by atoms with van der Waals surface area (Å²) in [6.07, 6.45) is 2.97. The monoisotopic (exact) mass is 430 g/mol. The van der Waals surface area contributed by atoms with Crippen LogP contribution in [0.2, 0.25) is 0 Å². The Morgan fingerprint density at radius 3 is 2.71 bits per heavy atom. The summed E-state index contributed by atoms with van der Waals surface area (Å²) in [6, 6.07) is 3.94. The van der Waals surface area contributed by atoms with Crippen LogP contribution in [-0.4, -0.2) is 60.8 Å². The molecule has 31 heavy (non-hydrogen) atoms. The number of urea groups is 1. The minimum Gasteiger partial charge on any atom is -0.493 e. The van der Waals surface area contributed by atoms with Gasteiger partial charge >= 0.3 is 12.0 Å². The van der Waals surface area contributed by atoms with Crippen LogP contribution in [-0.2, 0) is 16.0 Å². The Bertz CT molecular complexity index is 928. The van der Waals surface area contributed by atoms with Crippen LogP contribution in [0, 0.1) is 5.92 Å². The standard InChI is InChI=1S/C22H30N4O5/c1-6-13(2)17(21(27)31-5)25-22(28)26-11-10-15-18(24-12-23-15)19(26)14-8-7-9-16(29-3)20(14)30-4/h7-9,12-13,17,19H,6,10-11H2,1-5H3,(H,23,24)(H,25,28)/t13-,17+,19?/m1/s1. The molecule has 2 aromatic rings. The molecule has 0 aliphatic carbocycles. The van der Waals surface area contributed by atoms with E-state index in [1.807, 2.05) is 26.0 Å². The van der Waals surface area contributed by atoms with Gasteiger partial charge in [0.2, 0.25) is 0 Å². The number of carbonyl (C=O) groups is 2. The smallest absolute Gasteiger partial charge is 0.328 e. The Kier molecular flexibility index (Phi) is 7.04. The molecule has 0 radical (unpaired) electrons. The lowest BCUT2D eigenvalue weighted by atomic mass is 9.94. The molecule has 1 aromatic carbocycles. The number of methoxy groups -OCH3 is 3. The number of amides is 2. The molecule has 0 saturated heterocycles. The number of nitrogens with zero attached hydrogens (tertiary/aromatic N) is 2. The largest absolute Gasteiger partial charge is 0.493 e. The molecule has 2 N–H and O–H groups in total. The summed E-state index contributed by atoms with van der Waals surface area (Å²) in [4.78, 5) is 35.1. The molecule has 1 aromatic heterocycles. The number of esters is 1. The van der Waals surface area contributed by atoms with Gasteiger partial charge in [-0.3, -0.25) is 0 Å². The van der Waals surface area contributed by atoms with Crippen LogP contribution < -0.4 is 14.8 Å². The molecule has 9 nitrogen and oxygen atoms in total. The van der Waals surface area contributed by atoms with Gasteiger partial charge in [-0.25, -0.2) is 14.6 Å². The van der Waals surface area contributed by atoms with Gasteiger partial charge < -0.3 is 29.4 Å². The topological polar surface area (TPSA) is 106 Å². The van der Waals surface area contributed by atoms with E-state index < -0.39 is 18.1 Å². The summed E-state index contributed by atoms with van der Waals surface area (Å²) < 4.78 is 16.0. The van der Waals surface area contributed by atoms with Crippen molar-refractivity contribution in [1.82, 2.24) is 20.2 Å². The van der Waals surface area contributed by atoms with E-state index in [4.69, 9.17) is 14.2 Å².